The van der Waals surface area contributed by atoms with E-state index in [0.29, 0.717) is 16.7 Å². The van der Waals surface area contributed by atoms with Crippen molar-refractivity contribution in [3.05, 3.63) is 21.3 Å². The molecule has 31 heavy (non-hydrogen) atoms. The smallest absolute Gasteiger partial charge is 0.283 e. The number of nitrogens with zero attached hydrogens (tertiary/aromatic N) is 1. The first-order chi connectivity index (χ1) is 14.5. The number of nitrogens with one attached hydrogen (secondary N) is 3. The van der Waals surface area contributed by atoms with Gasteiger partial charge in [0.1, 0.15) is 16.2 Å². The molecule has 3 unspecified atom stereocenters. The van der Waals surface area contributed by atoms with Gasteiger partial charge in [-0.25, -0.2) is 13.1 Å². The van der Waals surface area contributed by atoms with Crippen LogP contribution < -0.4 is 15.4 Å². The predicted molar refractivity (Wildman–Crippen MR) is 116 cm³/mol. The SMILES string of the molecule is CS(=O)(=O)NCC1CSC2=C1S(=O)(=O)N=C(C1=C(O)C3C4CCC(CC4)C3NC1=O)N2. The van der Waals surface area contributed by atoms with Gasteiger partial charge in [-0.3, -0.25) is 4.79 Å². The Morgan fingerprint density at radius 2 is 1.90 bits per heavy atom. The molecule has 6 rings (SSSR count). The molecule has 0 radical (unpaired) electrons. The van der Waals surface area contributed by atoms with Crippen molar-refractivity contribution in [2.75, 3.05) is 18.6 Å². The third-order valence-corrected chi connectivity index (χ3v) is 10.4. The largest absolute Gasteiger partial charge is 0.511 e. The zero-order valence-electron chi connectivity index (χ0n) is 16.8. The molecule has 3 aliphatic heterocycles. The normalized spacial score (nSPS) is 36.5. The predicted octanol–water partition coefficient (Wildman–Crippen LogP) is 0.146. The number of fused-ring (bicyclic) bond motifs is 2. The summed E-state index contributed by atoms with van der Waals surface area (Å²) in [5.74, 6) is -0.610. The average molecular weight is 489 g/mol. The van der Waals surface area contributed by atoms with Crippen LogP contribution in [0.3, 0.4) is 0 Å². The van der Waals surface area contributed by atoms with Gasteiger partial charge in [-0.1, -0.05) is 0 Å². The Kier molecular flexibility index (Phi) is 4.96. The van der Waals surface area contributed by atoms with Gasteiger partial charge in [0.05, 0.1) is 11.3 Å². The van der Waals surface area contributed by atoms with Crippen molar-refractivity contribution in [3.8, 4) is 0 Å². The minimum Gasteiger partial charge on any atom is -0.511 e. The van der Waals surface area contributed by atoms with E-state index in [9.17, 15) is 26.7 Å². The summed E-state index contributed by atoms with van der Waals surface area (Å²) in [5.41, 5.74) is -0.109. The number of carbonyl (C=O) groups excluding carboxylic acids is 1. The molecule has 170 valence electrons. The van der Waals surface area contributed by atoms with Crippen LogP contribution in [0.1, 0.15) is 25.7 Å². The number of aliphatic hydroxyl groups excluding tert-OH is 1. The monoisotopic (exact) mass is 488 g/mol. The van der Waals surface area contributed by atoms with Gasteiger partial charge in [0, 0.05) is 30.2 Å². The minimum atomic E-state index is -4.14. The molecule has 3 fully saturated rings. The molecule has 3 saturated carbocycles. The zero-order chi connectivity index (χ0) is 22.1. The lowest BCUT2D eigenvalue weighted by atomic mass is 9.59. The first-order valence-corrected chi connectivity index (χ1v) is 14.5. The van der Waals surface area contributed by atoms with E-state index < -0.39 is 31.9 Å². The second-order valence-corrected chi connectivity index (χ2v) is 13.3. The van der Waals surface area contributed by atoms with Crippen molar-refractivity contribution >= 4 is 43.6 Å². The van der Waals surface area contributed by atoms with E-state index in [1.807, 2.05) is 0 Å². The maximum atomic E-state index is 13.0. The highest BCUT2D eigenvalue weighted by Gasteiger charge is 2.51. The van der Waals surface area contributed by atoms with E-state index in [1.165, 1.54) is 11.8 Å². The molecule has 0 saturated heterocycles. The van der Waals surface area contributed by atoms with Gasteiger partial charge in [-0.15, -0.1) is 16.2 Å². The highest BCUT2D eigenvalue weighted by Crippen LogP contribution is 2.50. The van der Waals surface area contributed by atoms with Gasteiger partial charge in [0.25, 0.3) is 15.9 Å². The summed E-state index contributed by atoms with van der Waals surface area (Å²) in [6.07, 6.45) is 5.03. The molecule has 0 aromatic rings. The Morgan fingerprint density at radius 1 is 1.23 bits per heavy atom. The summed E-state index contributed by atoms with van der Waals surface area (Å²) in [6.45, 7) is -0.0579. The number of amides is 1. The average Bonchev–Trinajstić information content (AvgIpc) is 3.10. The number of aliphatic hydroxyl groups is 1. The molecular formula is C18H24N4O6S3. The Hall–Kier alpha value is -1.57. The Balaban J connectivity index is 1.47. The summed E-state index contributed by atoms with van der Waals surface area (Å²) < 4.78 is 54.9. The Bertz CT molecular complexity index is 1150. The topological polar surface area (TPSA) is 154 Å². The van der Waals surface area contributed by atoms with Crippen molar-refractivity contribution in [2.24, 2.45) is 28.1 Å². The van der Waals surface area contributed by atoms with Crippen molar-refractivity contribution in [2.45, 2.75) is 31.7 Å². The first-order valence-electron chi connectivity index (χ1n) is 10.2. The summed E-state index contributed by atoms with van der Waals surface area (Å²) in [7, 11) is -7.61. The summed E-state index contributed by atoms with van der Waals surface area (Å²) in [4.78, 5) is 12.9. The highest BCUT2D eigenvalue weighted by atomic mass is 32.2. The van der Waals surface area contributed by atoms with Crippen LogP contribution in [0.5, 0.6) is 0 Å². The van der Waals surface area contributed by atoms with E-state index in [-0.39, 0.29) is 46.5 Å². The van der Waals surface area contributed by atoms with Crippen molar-refractivity contribution in [1.29, 1.82) is 0 Å². The molecule has 3 aliphatic carbocycles. The van der Waals surface area contributed by atoms with Gasteiger partial charge in [0.15, 0.2) is 5.84 Å². The van der Waals surface area contributed by atoms with Crippen LogP contribution in [0.15, 0.2) is 25.7 Å². The number of carbonyl (C=O) groups is 1. The molecule has 0 aromatic heterocycles. The zero-order valence-corrected chi connectivity index (χ0v) is 19.2. The van der Waals surface area contributed by atoms with E-state index in [1.54, 1.807) is 0 Å². The Morgan fingerprint density at radius 3 is 2.58 bits per heavy atom. The molecule has 1 amide bonds. The van der Waals surface area contributed by atoms with Crippen LogP contribution >= 0.6 is 11.8 Å². The van der Waals surface area contributed by atoms with Crippen LogP contribution in [0.2, 0.25) is 0 Å². The molecule has 3 heterocycles. The number of hydrogen-bond acceptors (Lipinski definition) is 8. The van der Waals surface area contributed by atoms with Crippen LogP contribution in [-0.4, -0.2) is 58.3 Å². The third-order valence-electron chi connectivity index (χ3n) is 6.89. The van der Waals surface area contributed by atoms with E-state index in [2.05, 4.69) is 19.8 Å². The second-order valence-electron chi connectivity index (χ2n) is 8.82. The molecule has 13 heteroatoms. The quantitative estimate of drug-likeness (QED) is 0.436. The number of thioether (sulfide) groups is 1. The number of sulfonamides is 2. The fourth-order valence-electron chi connectivity index (χ4n) is 5.54. The van der Waals surface area contributed by atoms with Gasteiger partial charge >= 0.3 is 0 Å². The lowest BCUT2D eigenvalue weighted by molar-refractivity contribution is -0.121. The maximum Gasteiger partial charge on any atom is 0.283 e. The van der Waals surface area contributed by atoms with Gasteiger partial charge in [0.2, 0.25) is 10.0 Å². The number of hydrogen-bond donors (Lipinski definition) is 4. The van der Waals surface area contributed by atoms with E-state index in [4.69, 9.17) is 0 Å². The van der Waals surface area contributed by atoms with Gasteiger partial charge in [-0.2, -0.15) is 8.42 Å². The molecule has 0 aromatic carbocycles. The van der Waals surface area contributed by atoms with Crippen molar-refractivity contribution in [1.82, 2.24) is 15.4 Å². The molecule has 3 atom stereocenters. The van der Waals surface area contributed by atoms with E-state index >= 15 is 0 Å². The van der Waals surface area contributed by atoms with Crippen LogP contribution in [0.25, 0.3) is 0 Å². The lowest BCUT2D eigenvalue weighted by Crippen LogP contribution is -2.58. The summed E-state index contributed by atoms with van der Waals surface area (Å²) in [5, 5.41) is 17.3. The molecule has 10 nitrogen and oxygen atoms in total. The maximum absolute atomic E-state index is 13.0. The van der Waals surface area contributed by atoms with E-state index in [0.717, 1.165) is 31.9 Å². The Labute approximate surface area is 185 Å². The summed E-state index contributed by atoms with van der Waals surface area (Å²) >= 11 is 1.23. The highest BCUT2D eigenvalue weighted by molar-refractivity contribution is 8.05. The standard InChI is InChI=1S/C18H24N4O6S3/c1-30(25,26)19-6-10-7-29-18-15(10)31(27,28)22-16(21-18)12-14(23)11-8-2-4-9(5-3-8)13(11)20-17(12)24/h8-11,13,19,23H,2-7H2,1H3,(H,20,24)(H,21,22). The number of rotatable bonds is 4. The minimum absolute atomic E-state index is 0.0170. The molecule has 4 N–H and O–H groups in total. The van der Waals surface area contributed by atoms with Gasteiger partial charge in [-0.05, 0) is 37.5 Å². The number of amidine groups is 1. The van der Waals surface area contributed by atoms with Crippen molar-refractivity contribution < 1.29 is 26.7 Å². The molecule has 6 aliphatic rings. The van der Waals surface area contributed by atoms with Crippen LogP contribution in [0.4, 0.5) is 0 Å². The third kappa shape index (κ3) is 3.58. The molecule has 0 spiro atoms. The van der Waals surface area contributed by atoms with Crippen molar-refractivity contribution in [3.63, 3.8) is 0 Å². The fourth-order valence-corrected chi connectivity index (χ4v) is 9.12. The molecule has 2 bridgehead atoms. The van der Waals surface area contributed by atoms with Crippen LogP contribution in [0, 0.1) is 23.7 Å². The lowest BCUT2D eigenvalue weighted by Gasteiger charge is -2.50. The van der Waals surface area contributed by atoms with Crippen LogP contribution in [-0.2, 0) is 24.8 Å². The second kappa shape index (κ2) is 7.22. The molecular weight excluding hydrogens is 464 g/mol. The fraction of sp³-hybridized carbons (Fsp3) is 0.667. The van der Waals surface area contributed by atoms with Gasteiger partial charge < -0.3 is 15.7 Å². The first kappa shape index (κ1) is 21.3. The summed E-state index contributed by atoms with van der Waals surface area (Å²) in [6, 6.07) is -0.119.